The van der Waals surface area contributed by atoms with Gasteiger partial charge in [0.25, 0.3) is 0 Å². The first-order valence-corrected chi connectivity index (χ1v) is 5.50. The van der Waals surface area contributed by atoms with Crippen molar-refractivity contribution in [2.24, 2.45) is 5.92 Å². The Morgan fingerprint density at radius 3 is 2.77 bits per heavy atom. The molecule has 2 atom stereocenters. The quantitative estimate of drug-likeness (QED) is 0.668. The molecule has 0 spiro atoms. The molecule has 1 N–H and O–H groups in total. The maximum absolute atomic E-state index is 10.1. The van der Waals surface area contributed by atoms with Gasteiger partial charge in [-0.2, -0.15) is 0 Å². The molecule has 0 saturated heterocycles. The summed E-state index contributed by atoms with van der Waals surface area (Å²) in [6.45, 7) is 5.60. The Kier molecular flexibility index (Phi) is 4.20. The molecule has 1 saturated carbocycles. The lowest BCUT2D eigenvalue weighted by Gasteiger charge is -2.22. The zero-order valence-corrected chi connectivity index (χ0v) is 8.88. The van der Waals surface area contributed by atoms with Gasteiger partial charge in [0.2, 0.25) is 0 Å². The van der Waals surface area contributed by atoms with Gasteiger partial charge in [-0.25, -0.2) is 0 Å². The van der Waals surface area contributed by atoms with Crippen LogP contribution in [0.5, 0.6) is 0 Å². The van der Waals surface area contributed by atoms with Crippen LogP contribution in [0.2, 0.25) is 0 Å². The molecule has 78 valence electrons. The molecule has 0 aliphatic heterocycles. The first-order chi connectivity index (χ1) is 6.20. The highest BCUT2D eigenvalue weighted by Crippen LogP contribution is 2.36. The largest absolute Gasteiger partial charge is 0.387 e. The Bertz CT molecular complexity index is 147. The molecule has 1 aliphatic rings. The summed E-state index contributed by atoms with van der Waals surface area (Å²) in [6, 6.07) is 0. The van der Waals surface area contributed by atoms with Gasteiger partial charge in [-0.3, -0.25) is 0 Å². The second kappa shape index (κ2) is 4.97. The molecule has 0 amide bonds. The van der Waals surface area contributed by atoms with Crippen molar-refractivity contribution in [3.63, 3.8) is 0 Å². The third-order valence-electron chi connectivity index (χ3n) is 2.98. The Labute approximate surface area is 81.3 Å². The van der Waals surface area contributed by atoms with Crippen LogP contribution in [0.15, 0.2) is 0 Å². The van der Waals surface area contributed by atoms with Crippen molar-refractivity contribution in [2.45, 2.75) is 51.6 Å². The van der Waals surface area contributed by atoms with Gasteiger partial charge < -0.3 is 9.84 Å². The highest BCUT2D eigenvalue weighted by Gasteiger charge is 2.36. The smallest absolute Gasteiger partial charge is 0.0882 e. The van der Waals surface area contributed by atoms with E-state index in [1.54, 1.807) is 0 Å². The molecular formula is C11H22O2. The Balaban J connectivity index is 2.23. The lowest BCUT2D eigenvalue weighted by Crippen LogP contribution is -2.31. The van der Waals surface area contributed by atoms with E-state index >= 15 is 0 Å². The van der Waals surface area contributed by atoms with Gasteiger partial charge in [0.05, 0.1) is 12.2 Å². The minimum atomic E-state index is -0.504. The van der Waals surface area contributed by atoms with E-state index in [9.17, 15) is 5.11 Å². The van der Waals surface area contributed by atoms with Crippen LogP contribution in [0.1, 0.15) is 46.0 Å². The van der Waals surface area contributed by atoms with E-state index in [0.717, 1.165) is 31.8 Å². The molecular weight excluding hydrogens is 164 g/mol. The van der Waals surface area contributed by atoms with Gasteiger partial charge in [0.15, 0.2) is 0 Å². The summed E-state index contributed by atoms with van der Waals surface area (Å²) in [4.78, 5) is 0. The van der Waals surface area contributed by atoms with Crippen LogP contribution in [0.25, 0.3) is 0 Å². The zero-order valence-electron chi connectivity index (χ0n) is 8.88. The van der Waals surface area contributed by atoms with Crippen LogP contribution in [0.3, 0.4) is 0 Å². The Hall–Kier alpha value is -0.0800. The van der Waals surface area contributed by atoms with Crippen LogP contribution in [0.4, 0.5) is 0 Å². The van der Waals surface area contributed by atoms with Gasteiger partial charge in [-0.15, -0.1) is 0 Å². The molecule has 0 bridgehead atoms. The van der Waals surface area contributed by atoms with Crippen molar-refractivity contribution in [2.75, 3.05) is 13.2 Å². The number of hydrogen-bond donors (Lipinski definition) is 1. The van der Waals surface area contributed by atoms with E-state index in [1.165, 1.54) is 12.8 Å². The summed E-state index contributed by atoms with van der Waals surface area (Å²) in [5.74, 6) is 0.718. The van der Waals surface area contributed by atoms with Gasteiger partial charge in [0.1, 0.15) is 0 Å². The van der Waals surface area contributed by atoms with Crippen molar-refractivity contribution in [1.29, 1.82) is 0 Å². The van der Waals surface area contributed by atoms with Gasteiger partial charge >= 0.3 is 0 Å². The maximum Gasteiger partial charge on any atom is 0.0882 e. The van der Waals surface area contributed by atoms with E-state index in [2.05, 4.69) is 13.8 Å². The Morgan fingerprint density at radius 2 is 2.23 bits per heavy atom. The van der Waals surface area contributed by atoms with Crippen LogP contribution >= 0.6 is 0 Å². The average Bonchev–Trinajstić information content (AvgIpc) is 2.49. The molecule has 2 heteroatoms. The summed E-state index contributed by atoms with van der Waals surface area (Å²) in [5, 5.41) is 10.1. The monoisotopic (exact) mass is 186 g/mol. The van der Waals surface area contributed by atoms with Crippen molar-refractivity contribution < 1.29 is 9.84 Å². The van der Waals surface area contributed by atoms with Crippen LogP contribution in [-0.2, 0) is 4.74 Å². The number of ether oxygens (including phenoxy) is 1. The van der Waals surface area contributed by atoms with E-state index in [0.29, 0.717) is 6.61 Å². The molecule has 2 unspecified atom stereocenters. The van der Waals surface area contributed by atoms with Gasteiger partial charge in [-0.1, -0.05) is 20.3 Å². The molecule has 0 aromatic rings. The van der Waals surface area contributed by atoms with Crippen LogP contribution in [-0.4, -0.2) is 23.9 Å². The first kappa shape index (κ1) is 11.0. The fraction of sp³-hybridized carbons (Fsp3) is 1.00. The summed E-state index contributed by atoms with van der Waals surface area (Å²) in [6.07, 6.45) is 5.26. The van der Waals surface area contributed by atoms with Gasteiger partial charge in [0, 0.05) is 6.61 Å². The fourth-order valence-corrected chi connectivity index (χ4v) is 2.10. The van der Waals surface area contributed by atoms with Gasteiger partial charge in [-0.05, 0) is 31.6 Å². The summed E-state index contributed by atoms with van der Waals surface area (Å²) < 4.78 is 5.41. The summed E-state index contributed by atoms with van der Waals surface area (Å²) >= 11 is 0. The summed E-state index contributed by atoms with van der Waals surface area (Å²) in [5.41, 5.74) is -0.504. The first-order valence-electron chi connectivity index (χ1n) is 5.50. The molecule has 0 aromatic heterocycles. The minimum Gasteiger partial charge on any atom is -0.387 e. The molecule has 13 heavy (non-hydrogen) atoms. The van der Waals surface area contributed by atoms with Crippen LogP contribution < -0.4 is 0 Å². The summed E-state index contributed by atoms with van der Waals surface area (Å²) in [7, 11) is 0. The molecule has 0 radical (unpaired) electrons. The second-order valence-corrected chi connectivity index (χ2v) is 4.29. The Morgan fingerprint density at radius 1 is 1.46 bits per heavy atom. The minimum absolute atomic E-state index is 0.504. The molecule has 2 nitrogen and oxygen atoms in total. The average molecular weight is 186 g/mol. The predicted molar refractivity (Wildman–Crippen MR) is 53.7 cm³/mol. The number of hydrogen-bond acceptors (Lipinski definition) is 2. The lowest BCUT2D eigenvalue weighted by molar-refractivity contribution is -0.0436. The van der Waals surface area contributed by atoms with Crippen molar-refractivity contribution in [3.05, 3.63) is 0 Å². The van der Waals surface area contributed by atoms with E-state index in [-0.39, 0.29) is 0 Å². The zero-order chi connectivity index (χ0) is 9.73. The molecule has 0 heterocycles. The normalized spacial score (nSPS) is 33.9. The lowest BCUT2D eigenvalue weighted by atomic mass is 10.00. The third kappa shape index (κ3) is 3.28. The van der Waals surface area contributed by atoms with E-state index < -0.39 is 5.60 Å². The topological polar surface area (TPSA) is 29.5 Å². The molecule has 1 fully saturated rings. The van der Waals surface area contributed by atoms with E-state index in [4.69, 9.17) is 4.74 Å². The predicted octanol–water partition coefficient (Wildman–Crippen LogP) is 2.35. The number of aliphatic hydroxyl groups is 1. The molecule has 0 aromatic carbocycles. The molecule has 1 aliphatic carbocycles. The molecule has 1 rings (SSSR count). The fourth-order valence-electron chi connectivity index (χ4n) is 2.10. The van der Waals surface area contributed by atoms with Crippen molar-refractivity contribution >= 4 is 0 Å². The van der Waals surface area contributed by atoms with E-state index in [1.807, 2.05) is 0 Å². The van der Waals surface area contributed by atoms with Crippen LogP contribution in [0, 0.1) is 5.92 Å². The van der Waals surface area contributed by atoms with Crippen molar-refractivity contribution in [1.82, 2.24) is 0 Å². The van der Waals surface area contributed by atoms with Crippen molar-refractivity contribution in [3.8, 4) is 0 Å². The standard InChI is InChI=1S/C11H22O2/c1-3-7-13-9-11(12)6-5-10(4-2)8-11/h10,12H,3-9H2,1-2H3. The maximum atomic E-state index is 10.1. The third-order valence-corrected chi connectivity index (χ3v) is 2.98. The SMILES string of the molecule is CCCOCC1(O)CCC(CC)C1. The second-order valence-electron chi connectivity index (χ2n) is 4.29. The highest BCUT2D eigenvalue weighted by molar-refractivity contribution is 4.88. The number of rotatable bonds is 5. The highest BCUT2D eigenvalue weighted by atomic mass is 16.5.